The number of hydrogen-bond donors (Lipinski definition) is 1. The maximum absolute atomic E-state index is 12.3. The third-order valence-corrected chi connectivity index (χ3v) is 3.49. The number of amides is 1. The molecule has 0 spiro atoms. The van der Waals surface area contributed by atoms with Crippen LogP contribution in [0.3, 0.4) is 0 Å². The average molecular weight is 337 g/mol. The van der Waals surface area contributed by atoms with E-state index < -0.39 is 17.4 Å². The van der Waals surface area contributed by atoms with Gasteiger partial charge in [-0.25, -0.2) is 4.98 Å². The number of nitrogens with one attached hydrogen (secondary N) is 1. The Morgan fingerprint density at radius 1 is 1.08 bits per heavy atom. The molecule has 25 heavy (non-hydrogen) atoms. The van der Waals surface area contributed by atoms with Crippen LogP contribution in [0.25, 0.3) is 5.65 Å². The molecule has 0 radical (unpaired) electrons. The van der Waals surface area contributed by atoms with Crippen molar-refractivity contribution in [1.29, 1.82) is 0 Å². The first-order valence-electron chi connectivity index (χ1n) is 7.59. The molecule has 3 aromatic rings. The molecule has 0 saturated carbocycles. The molecule has 126 valence electrons. The van der Waals surface area contributed by atoms with Gasteiger partial charge in [0.15, 0.2) is 0 Å². The Labute approximate surface area is 142 Å². The summed E-state index contributed by atoms with van der Waals surface area (Å²) >= 11 is 0. The summed E-state index contributed by atoms with van der Waals surface area (Å²) in [6.45, 7) is -0.210. The van der Waals surface area contributed by atoms with E-state index in [0.29, 0.717) is 5.65 Å². The second-order valence-corrected chi connectivity index (χ2v) is 5.23. The molecule has 1 amide bonds. The summed E-state index contributed by atoms with van der Waals surface area (Å²) in [4.78, 5) is 40.2. The van der Waals surface area contributed by atoms with Gasteiger partial charge in [-0.05, 0) is 17.7 Å². The first kappa shape index (κ1) is 16.4. The first-order valence-corrected chi connectivity index (χ1v) is 7.59. The summed E-state index contributed by atoms with van der Waals surface area (Å²) in [6.07, 6.45) is 2.72. The van der Waals surface area contributed by atoms with Gasteiger partial charge in [0, 0.05) is 12.4 Å². The molecule has 0 aliphatic carbocycles. The smallest absolute Gasteiger partial charge is 0.325 e. The van der Waals surface area contributed by atoms with Crippen LogP contribution in [0.1, 0.15) is 15.9 Å². The predicted octanol–water partition coefficient (Wildman–Crippen LogP) is 1.17. The Kier molecular flexibility index (Phi) is 4.84. The molecule has 7 nitrogen and oxygen atoms in total. The second-order valence-electron chi connectivity index (χ2n) is 5.23. The third kappa shape index (κ3) is 3.89. The topological polar surface area (TPSA) is 89.8 Å². The molecule has 0 atom stereocenters. The van der Waals surface area contributed by atoms with Gasteiger partial charge < -0.3 is 10.1 Å². The van der Waals surface area contributed by atoms with Crippen molar-refractivity contribution in [2.75, 3.05) is 6.54 Å². The van der Waals surface area contributed by atoms with E-state index in [-0.39, 0.29) is 18.7 Å². The standard InChI is InChI=1S/C18H15N3O4/c22-16(25-12-13-6-2-1-3-7-13)11-20-17(23)14-10-19-15-8-4-5-9-21(15)18(14)24/h1-10H,11-12H2,(H,20,23). The molecule has 0 unspecified atom stereocenters. The van der Waals surface area contributed by atoms with Crippen molar-refractivity contribution in [1.82, 2.24) is 14.7 Å². The van der Waals surface area contributed by atoms with Crippen LogP contribution < -0.4 is 10.9 Å². The second kappa shape index (κ2) is 7.39. The van der Waals surface area contributed by atoms with Crippen molar-refractivity contribution < 1.29 is 14.3 Å². The van der Waals surface area contributed by atoms with E-state index in [1.165, 1.54) is 16.8 Å². The van der Waals surface area contributed by atoms with Crippen molar-refractivity contribution in [3.05, 3.63) is 82.4 Å². The summed E-state index contributed by atoms with van der Waals surface area (Å²) in [7, 11) is 0. The first-order chi connectivity index (χ1) is 12.1. The molecular weight excluding hydrogens is 322 g/mol. The highest BCUT2D eigenvalue weighted by molar-refractivity contribution is 5.95. The Morgan fingerprint density at radius 2 is 1.84 bits per heavy atom. The van der Waals surface area contributed by atoms with Crippen LogP contribution >= 0.6 is 0 Å². The predicted molar refractivity (Wildman–Crippen MR) is 90.0 cm³/mol. The van der Waals surface area contributed by atoms with E-state index in [2.05, 4.69) is 10.3 Å². The third-order valence-electron chi connectivity index (χ3n) is 3.49. The number of nitrogens with zero attached hydrogens (tertiary/aromatic N) is 2. The maximum atomic E-state index is 12.3. The van der Waals surface area contributed by atoms with Gasteiger partial charge in [0.2, 0.25) is 0 Å². The van der Waals surface area contributed by atoms with Gasteiger partial charge in [-0.3, -0.25) is 18.8 Å². The Hall–Kier alpha value is -3.48. The maximum Gasteiger partial charge on any atom is 0.325 e. The van der Waals surface area contributed by atoms with Crippen molar-refractivity contribution in [2.45, 2.75) is 6.61 Å². The molecule has 0 saturated heterocycles. The fourth-order valence-electron chi connectivity index (χ4n) is 2.22. The van der Waals surface area contributed by atoms with E-state index in [4.69, 9.17) is 4.74 Å². The number of carbonyl (C=O) groups is 2. The van der Waals surface area contributed by atoms with Gasteiger partial charge in [0.25, 0.3) is 11.5 Å². The van der Waals surface area contributed by atoms with E-state index >= 15 is 0 Å². The van der Waals surface area contributed by atoms with Crippen LogP contribution in [0.5, 0.6) is 0 Å². The van der Waals surface area contributed by atoms with Gasteiger partial charge in [-0.2, -0.15) is 0 Å². The number of ether oxygens (including phenoxy) is 1. The Morgan fingerprint density at radius 3 is 2.64 bits per heavy atom. The van der Waals surface area contributed by atoms with Crippen LogP contribution in [0.4, 0.5) is 0 Å². The monoisotopic (exact) mass is 337 g/mol. The van der Waals surface area contributed by atoms with Gasteiger partial charge in [0.1, 0.15) is 24.4 Å². The molecule has 0 bridgehead atoms. The number of carbonyl (C=O) groups excluding carboxylic acids is 2. The van der Waals surface area contributed by atoms with Gasteiger partial charge in [0.05, 0.1) is 0 Å². The number of esters is 1. The minimum atomic E-state index is -0.674. The molecule has 0 aliphatic heterocycles. The number of rotatable bonds is 5. The lowest BCUT2D eigenvalue weighted by Crippen LogP contribution is -2.35. The Balaban J connectivity index is 1.60. The highest BCUT2D eigenvalue weighted by Gasteiger charge is 2.14. The zero-order valence-corrected chi connectivity index (χ0v) is 13.2. The van der Waals surface area contributed by atoms with Crippen LogP contribution in [0.15, 0.2) is 65.7 Å². The lowest BCUT2D eigenvalue weighted by Gasteiger charge is -2.07. The van der Waals surface area contributed by atoms with Crippen LogP contribution in [-0.2, 0) is 16.1 Å². The van der Waals surface area contributed by atoms with Crippen molar-refractivity contribution in [3.8, 4) is 0 Å². The molecular formula is C18H15N3O4. The molecule has 7 heteroatoms. The largest absolute Gasteiger partial charge is 0.460 e. The number of pyridine rings is 1. The van der Waals surface area contributed by atoms with Crippen molar-refractivity contribution in [2.24, 2.45) is 0 Å². The molecule has 2 aromatic heterocycles. The van der Waals surface area contributed by atoms with Crippen LogP contribution in [0.2, 0.25) is 0 Å². The molecule has 0 fully saturated rings. The lowest BCUT2D eigenvalue weighted by molar-refractivity contribution is -0.143. The highest BCUT2D eigenvalue weighted by atomic mass is 16.5. The van der Waals surface area contributed by atoms with Crippen molar-refractivity contribution in [3.63, 3.8) is 0 Å². The Bertz CT molecular complexity index is 967. The lowest BCUT2D eigenvalue weighted by atomic mass is 10.2. The number of benzene rings is 1. The highest BCUT2D eigenvalue weighted by Crippen LogP contribution is 2.01. The fraction of sp³-hybridized carbons (Fsp3) is 0.111. The van der Waals surface area contributed by atoms with Crippen LogP contribution in [-0.4, -0.2) is 27.8 Å². The van der Waals surface area contributed by atoms with E-state index in [1.54, 1.807) is 18.2 Å². The van der Waals surface area contributed by atoms with Gasteiger partial charge >= 0.3 is 5.97 Å². The molecule has 1 N–H and O–H groups in total. The van der Waals surface area contributed by atoms with Gasteiger partial charge in [-0.1, -0.05) is 36.4 Å². The molecule has 1 aromatic carbocycles. The zero-order valence-electron chi connectivity index (χ0n) is 13.2. The van der Waals surface area contributed by atoms with E-state index in [0.717, 1.165) is 5.56 Å². The van der Waals surface area contributed by atoms with E-state index in [9.17, 15) is 14.4 Å². The van der Waals surface area contributed by atoms with Gasteiger partial charge in [-0.15, -0.1) is 0 Å². The zero-order chi connectivity index (χ0) is 17.6. The fourth-order valence-corrected chi connectivity index (χ4v) is 2.22. The summed E-state index contributed by atoms with van der Waals surface area (Å²) in [5, 5.41) is 2.37. The number of fused-ring (bicyclic) bond motifs is 1. The summed E-state index contributed by atoms with van der Waals surface area (Å²) in [6, 6.07) is 14.3. The van der Waals surface area contributed by atoms with Crippen LogP contribution in [0, 0.1) is 0 Å². The minimum Gasteiger partial charge on any atom is -0.460 e. The quantitative estimate of drug-likeness (QED) is 0.706. The molecule has 0 aliphatic rings. The minimum absolute atomic E-state index is 0.121. The van der Waals surface area contributed by atoms with E-state index in [1.807, 2.05) is 30.3 Å². The summed E-state index contributed by atoms with van der Waals surface area (Å²) < 4.78 is 6.33. The number of aromatic nitrogens is 2. The molecule has 2 heterocycles. The molecule has 3 rings (SSSR count). The average Bonchev–Trinajstić information content (AvgIpc) is 2.66. The summed E-state index contributed by atoms with van der Waals surface area (Å²) in [5.41, 5.74) is 0.644. The summed E-state index contributed by atoms with van der Waals surface area (Å²) in [5.74, 6) is -1.27. The van der Waals surface area contributed by atoms with Crippen molar-refractivity contribution >= 4 is 17.5 Å². The normalized spacial score (nSPS) is 10.4. The number of hydrogen-bond acceptors (Lipinski definition) is 5. The SMILES string of the molecule is O=C(CNC(=O)c1cnc2ccccn2c1=O)OCc1ccccc1.